The number of fused-ring (bicyclic) bond motifs is 1. The second-order valence-corrected chi connectivity index (χ2v) is 4.64. The number of carbonyl (C=O) groups is 1. The maximum Gasteiger partial charge on any atom is 0.241 e. The maximum absolute atomic E-state index is 11.9. The van der Waals surface area contributed by atoms with Crippen LogP contribution >= 0.6 is 0 Å². The summed E-state index contributed by atoms with van der Waals surface area (Å²) in [5.74, 6) is -0.0731. The van der Waals surface area contributed by atoms with Gasteiger partial charge in [-0.1, -0.05) is 32.0 Å². The fourth-order valence-corrected chi connectivity index (χ4v) is 1.72. The Labute approximate surface area is 106 Å². The molecule has 1 atom stereocenters. The second-order valence-electron chi connectivity index (χ2n) is 4.64. The lowest BCUT2D eigenvalue weighted by molar-refractivity contribution is -0.118. The second kappa shape index (κ2) is 5.14. The number of nitrogens with zero attached hydrogens (tertiary/aromatic N) is 1. The van der Waals surface area contributed by atoms with E-state index < -0.39 is 6.04 Å². The molecule has 1 aromatic carbocycles. The molecule has 0 aliphatic carbocycles. The Bertz CT molecular complexity index is 560. The van der Waals surface area contributed by atoms with E-state index in [0.29, 0.717) is 5.69 Å². The summed E-state index contributed by atoms with van der Waals surface area (Å²) >= 11 is 0. The molecule has 3 N–H and O–H groups in total. The molecular formula is C14H17N3O. The third-order valence-electron chi connectivity index (χ3n) is 2.91. The van der Waals surface area contributed by atoms with Crippen LogP contribution in [0.25, 0.3) is 10.9 Å². The van der Waals surface area contributed by atoms with Crippen molar-refractivity contribution in [1.29, 1.82) is 0 Å². The number of hydrogen-bond donors (Lipinski definition) is 2. The number of pyridine rings is 1. The summed E-state index contributed by atoms with van der Waals surface area (Å²) < 4.78 is 0. The average molecular weight is 243 g/mol. The maximum atomic E-state index is 11.9. The third kappa shape index (κ3) is 2.49. The first-order valence-corrected chi connectivity index (χ1v) is 6.00. The summed E-state index contributed by atoms with van der Waals surface area (Å²) in [6.07, 6.45) is 1.71. The first-order chi connectivity index (χ1) is 8.59. The van der Waals surface area contributed by atoms with Crippen molar-refractivity contribution in [3.8, 4) is 0 Å². The van der Waals surface area contributed by atoms with Crippen LogP contribution < -0.4 is 11.1 Å². The van der Waals surface area contributed by atoms with E-state index in [2.05, 4.69) is 10.3 Å². The Morgan fingerprint density at radius 2 is 2.00 bits per heavy atom. The van der Waals surface area contributed by atoms with Gasteiger partial charge < -0.3 is 11.1 Å². The molecule has 0 aliphatic heterocycles. The van der Waals surface area contributed by atoms with Crippen LogP contribution in [0.5, 0.6) is 0 Å². The average Bonchev–Trinajstić information content (AvgIpc) is 2.38. The Balaban J connectivity index is 2.30. The fourth-order valence-electron chi connectivity index (χ4n) is 1.72. The number of para-hydroxylation sites is 1. The van der Waals surface area contributed by atoms with Crippen molar-refractivity contribution in [3.05, 3.63) is 36.5 Å². The summed E-state index contributed by atoms with van der Waals surface area (Å²) in [6.45, 7) is 3.84. The van der Waals surface area contributed by atoms with Crippen molar-refractivity contribution in [1.82, 2.24) is 4.98 Å². The number of rotatable bonds is 3. The van der Waals surface area contributed by atoms with Crippen LogP contribution in [-0.4, -0.2) is 16.9 Å². The number of carbonyl (C=O) groups excluding carboxylic acids is 1. The highest BCUT2D eigenvalue weighted by Gasteiger charge is 2.17. The number of aromatic nitrogens is 1. The first kappa shape index (κ1) is 12.5. The zero-order valence-electron chi connectivity index (χ0n) is 10.6. The summed E-state index contributed by atoms with van der Waals surface area (Å²) in [6, 6.07) is 9.00. The van der Waals surface area contributed by atoms with Gasteiger partial charge in [0.15, 0.2) is 0 Å². The molecule has 1 aromatic heterocycles. The molecule has 94 valence electrons. The monoisotopic (exact) mass is 243 g/mol. The Kier molecular flexibility index (Phi) is 3.58. The summed E-state index contributed by atoms with van der Waals surface area (Å²) in [5.41, 5.74) is 7.30. The summed E-state index contributed by atoms with van der Waals surface area (Å²) in [4.78, 5) is 16.2. The molecule has 0 spiro atoms. The van der Waals surface area contributed by atoms with Crippen molar-refractivity contribution < 1.29 is 4.79 Å². The summed E-state index contributed by atoms with van der Waals surface area (Å²) in [5, 5.41) is 3.83. The molecule has 1 heterocycles. The highest BCUT2D eigenvalue weighted by atomic mass is 16.2. The van der Waals surface area contributed by atoms with Crippen molar-refractivity contribution >= 4 is 22.5 Å². The van der Waals surface area contributed by atoms with Crippen molar-refractivity contribution in [2.45, 2.75) is 19.9 Å². The van der Waals surface area contributed by atoms with Crippen molar-refractivity contribution in [2.24, 2.45) is 11.7 Å². The minimum Gasteiger partial charge on any atom is -0.323 e. The van der Waals surface area contributed by atoms with E-state index in [1.165, 1.54) is 0 Å². The molecule has 1 amide bonds. The molecule has 2 aromatic rings. The minimum atomic E-state index is -0.510. The molecule has 0 bridgehead atoms. The van der Waals surface area contributed by atoms with Gasteiger partial charge in [0.25, 0.3) is 0 Å². The van der Waals surface area contributed by atoms with Crippen LogP contribution in [0.4, 0.5) is 5.69 Å². The Hall–Kier alpha value is -1.94. The highest BCUT2D eigenvalue weighted by Crippen LogP contribution is 2.20. The Morgan fingerprint density at radius 3 is 2.72 bits per heavy atom. The summed E-state index contributed by atoms with van der Waals surface area (Å²) in [7, 11) is 0. The standard InChI is InChI=1S/C14H17N3O/c1-9(2)12(15)14(18)17-11-7-3-5-10-6-4-8-16-13(10)11/h3-9,12H,15H2,1-2H3,(H,17,18). The van der Waals surface area contributed by atoms with Crippen LogP contribution in [0, 0.1) is 5.92 Å². The van der Waals surface area contributed by atoms with Gasteiger partial charge in [-0.3, -0.25) is 9.78 Å². The van der Waals surface area contributed by atoms with E-state index in [0.717, 1.165) is 10.9 Å². The molecule has 2 rings (SSSR count). The van der Waals surface area contributed by atoms with E-state index in [1.54, 1.807) is 6.20 Å². The van der Waals surface area contributed by atoms with Gasteiger partial charge in [0.2, 0.25) is 5.91 Å². The molecule has 18 heavy (non-hydrogen) atoms. The number of nitrogens with one attached hydrogen (secondary N) is 1. The number of hydrogen-bond acceptors (Lipinski definition) is 3. The predicted molar refractivity (Wildman–Crippen MR) is 73.2 cm³/mol. The quantitative estimate of drug-likeness (QED) is 0.868. The van der Waals surface area contributed by atoms with Crippen molar-refractivity contribution in [3.63, 3.8) is 0 Å². The van der Waals surface area contributed by atoms with Gasteiger partial charge in [-0.15, -0.1) is 0 Å². The fraction of sp³-hybridized carbons (Fsp3) is 0.286. The number of amides is 1. The molecule has 0 saturated carbocycles. The van der Waals surface area contributed by atoms with Gasteiger partial charge in [0.05, 0.1) is 17.2 Å². The van der Waals surface area contributed by atoms with E-state index in [9.17, 15) is 4.79 Å². The normalized spacial score (nSPS) is 12.7. The lowest BCUT2D eigenvalue weighted by Crippen LogP contribution is -2.39. The van der Waals surface area contributed by atoms with Crippen LogP contribution in [0.3, 0.4) is 0 Å². The number of nitrogens with two attached hydrogens (primary N) is 1. The topological polar surface area (TPSA) is 68.0 Å². The van der Waals surface area contributed by atoms with Gasteiger partial charge >= 0.3 is 0 Å². The van der Waals surface area contributed by atoms with Gasteiger partial charge in [0.1, 0.15) is 0 Å². The number of anilines is 1. The third-order valence-corrected chi connectivity index (χ3v) is 2.91. The molecule has 0 fully saturated rings. The lowest BCUT2D eigenvalue weighted by atomic mass is 10.0. The minimum absolute atomic E-state index is 0.105. The lowest BCUT2D eigenvalue weighted by Gasteiger charge is -2.16. The Morgan fingerprint density at radius 1 is 1.28 bits per heavy atom. The highest BCUT2D eigenvalue weighted by molar-refractivity contribution is 6.02. The van der Waals surface area contributed by atoms with Gasteiger partial charge in [-0.05, 0) is 18.1 Å². The number of benzene rings is 1. The molecule has 4 heteroatoms. The molecular weight excluding hydrogens is 226 g/mol. The largest absolute Gasteiger partial charge is 0.323 e. The molecule has 1 unspecified atom stereocenters. The van der Waals surface area contributed by atoms with E-state index in [4.69, 9.17) is 5.73 Å². The van der Waals surface area contributed by atoms with Crippen molar-refractivity contribution in [2.75, 3.05) is 5.32 Å². The van der Waals surface area contributed by atoms with Gasteiger partial charge in [-0.25, -0.2) is 0 Å². The molecule has 0 aliphatic rings. The van der Waals surface area contributed by atoms with Crippen LogP contribution in [-0.2, 0) is 4.79 Å². The first-order valence-electron chi connectivity index (χ1n) is 6.00. The molecule has 0 saturated heterocycles. The van der Waals surface area contributed by atoms with Gasteiger partial charge in [-0.2, -0.15) is 0 Å². The molecule has 0 radical (unpaired) electrons. The smallest absolute Gasteiger partial charge is 0.241 e. The van der Waals surface area contributed by atoms with Crippen LogP contribution in [0.15, 0.2) is 36.5 Å². The van der Waals surface area contributed by atoms with E-state index >= 15 is 0 Å². The van der Waals surface area contributed by atoms with E-state index in [-0.39, 0.29) is 11.8 Å². The zero-order chi connectivity index (χ0) is 13.1. The SMILES string of the molecule is CC(C)C(N)C(=O)Nc1cccc2cccnc12. The van der Waals surface area contributed by atoms with Crippen LogP contribution in [0.2, 0.25) is 0 Å². The van der Waals surface area contributed by atoms with Gasteiger partial charge in [0, 0.05) is 11.6 Å². The van der Waals surface area contributed by atoms with Crippen LogP contribution in [0.1, 0.15) is 13.8 Å². The predicted octanol–water partition coefficient (Wildman–Crippen LogP) is 2.16. The van der Waals surface area contributed by atoms with E-state index in [1.807, 2.05) is 44.2 Å². The molecule has 4 nitrogen and oxygen atoms in total. The zero-order valence-corrected chi connectivity index (χ0v) is 10.6.